The zero-order valence-electron chi connectivity index (χ0n) is 8.76. The van der Waals surface area contributed by atoms with Crippen molar-refractivity contribution in [3.8, 4) is 0 Å². The summed E-state index contributed by atoms with van der Waals surface area (Å²) in [6, 6.07) is 0.0165. The van der Waals surface area contributed by atoms with Crippen molar-refractivity contribution < 1.29 is 23.1 Å². The maximum absolute atomic E-state index is 11.8. The second-order valence-electron chi connectivity index (χ2n) is 3.77. The number of aliphatic hydroxyl groups is 1. The maximum Gasteiger partial charge on any atom is 0.471 e. The molecule has 0 spiro atoms. The van der Waals surface area contributed by atoms with Crippen molar-refractivity contribution in [2.45, 2.75) is 25.1 Å². The van der Waals surface area contributed by atoms with Crippen molar-refractivity contribution in [2.24, 2.45) is 0 Å². The Kier molecular flexibility index (Phi) is 4.55. The topological polar surface area (TPSA) is 52.6 Å². The molecular formula is C9H15F3N2O2. The first-order valence-corrected chi connectivity index (χ1v) is 5.15. The number of carbonyl (C=O) groups is 1. The summed E-state index contributed by atoms with van der Waals surface area (Å²) in [5.74, 6) is -1.91. The Morgan fingerprint density at radius 1 is 1.50 bits per heavy atom. The average Bonchev–Trinajstić information content (AvgIpc) is 2.63. The number of rotatable bonds is 4. The van der Waals surface area contributed by atoms with Crippen molar-refractivity contribution in [1.29, 1.82) is 0 Å². The van der Waals surface area contributed by atoms with Crippen LogP contribution in [-0.2, 0) is 4.79 Å². The largest absolute Gasteiger partial charge is 0.471 e. The van der Waals surface area contributed by atoms with Crippen LogP contribution in [0.2, 0.25) is 0 Å². The molecule has 1 amide bonds. The highest BCUT2D eigenvalue weighted by Crippen LogP contribution is 2.16. The maximum atomic E-state index is 11.8. The molecule has 1 rings (SSSR count). The summed E-state index contributed by atoms with van der Waals surface area (Å²) in [7, 11) is 0. The highest BCUT2D eigenvalue weighted by atomic mass is 19.4. The van der Waals surface area contributed by atoms with Gasteiger partial charge in [-0.2, -0.15) is 13.2 Å². The third kappa shape index (κ3) is 3.64. The third-order valence-corrected chi connectivity index (χ3v) is 2.65. The van der Waals surface area contributed by atoms with Gasteiger partial charge in [0.2, 0.25) is 0 Å². The van der Waals surface area contributed by atoms with E-state index < -0.39 is 12.1 Å². The van der Waals surface area contributed by atoms with Crippen molar-refractivity contribution in [2.75, 3.05) is 26.2 Å². The monoisotopic (exact) mass is 240 g/mol. The van der Waals surface area contributed by atoms with E-state index >= 15 is 0 Å². The van der Waals surface area contributed by atoms with Gasteiger partial charge in [-0.1, -0.05) is 0 Å². The Hall–Kier alpha value is -0.820. The first-order valence-electron chi connectivity index (χ1n) is 5.15. The van der Waals surface area contributed by atoms with Crippen LogP contribution in [0.1, 0.15) is 12.8 Å². The molecule has 1 fully saturated rings. The summed E-state index contributed by atoms with van der Waals surface area (Å²) in [6.07, 6.45) is -3.04. The minimum atomic E-state index is -4.82. The summed E-state index contributed by atoms with van der Waals surface area (Å²) in [4.78, 5) is 12.4. The van der Waals surface area contributed by atoms with E-state index in [4.69, 9.17) is 5.11 Å². The fourth-order valence-electron chi connectivity index (χ4n) is 1.81. The van der Waals surface area contributed by atoms with Crippen LogP contribution in [-0.4, -0.2) is 54.4 Å². The van der Waals surface area contributed by atoms with Gasteiger partial charge in [-0.05, 0) is 19.4 Å². The van der Waals surface area contributed by atoms with Crippen LogP contribution < -0.4 is 5.32 Å². The standard InChI is InChI=1S/C9H15F3N2O2/c10-9(11,12)8(16)13-3-5-14-4-1-2-7(14)6-15/h7,15H,1-6H2,(H,13,16)/t7-/m0/s1. The number of hydrogen-bond donors (Lipinski definition) is 2. The van der Waals surface area contributed by atoms with Crippen molar-refractivity contribution in [3.05, 3.63) is 0 Å². The molecule has 0 aromatic rings. The minimum Gasteiger partial charge on any atom is -0.395 e. The number of hydrogen-bond acceptors (Lipinski definition) is 3. The Morgan fingerprint density at radius 2 is 2.19 bits per heavy atom. The first kappa shape index (κ1) is 13.2. The number of carbonyl (C=O) groups excluding carboxylic acids is 1. The number of amides is 1. The van der Waals surface area contributed by atoms with Gasteiger partial charge in [-0.15, -0.1) is 0 Å². The SMILES string of the molecule is O=C(NCCN1CCC[C@H]1CO)C(F)(F)F. The molecule has 0 aromatic carbocycles. The zero-order valence-corrected chi connectivity index (χ0v) is 8.76. The van der Waals surface area contributed by atoms with Crippen LogP contribution in [0.15, 0.2) is 0 Å². The second kappa shape index (κ2) is 5.49. The van der Waals surface area contributed by atoms with E-state index in [-0.39, 0.29) is 19.2 Å². The summed E-state index contributed by atoms with van der Waals surface area (Å²) in [5, 5.41) is 10.8. The Morgan fingerprint density at radius 3 is 2.75 bits per heavy atom. The predicted octanol–water partition coefficient (Wildman–Crippen LogP) is 0.122. The van der Waals surface area contributed by atoms with E-state index in [1.165, 1.54) is 0 Å². The van der Waals surface area contributed by atoms with Crippen LogP contribution in [0.4, 0.5) is 13.2 Å². The smallest absolute Gasteiger partial charge is 0.395 e. The van der Waals surface area contributed by atoms with Gasteiger partial charge in [0.25, 0.3) is 0 Å². The molecule has 1 aliphatic rings. The van der Waals surface area contributed by atoms with Gasteiger partial charge in [-0.3, -0.25) is 9.69 Å². The van der Waals surface area contributed by atoms with Crippen LogP contribution in [0.25, 0.3) is 0 Å². The molecule has 0 aliphatic carbocycles. The molecular weight excluding hydrogens is 225 g/mol. The number of nitrogens with one attached hydrogen (secondary N) is 1. The van der Waals surface area contributed by atoms with E-state index in [1.807, 2.05) is 4.90 Å². The normalized spacial score (nSPS) is 22.4. The lowest BCUT2D eigenvalue weighted by Gasteiger charge is -2.22. The van der Waals surface area contributed by atoms with Gasteiger partial charge >= 0.3 is 12.1 Å². The van der Waals surface area contributed by atoms with Gasteiger partial charge in [0.1, 0.15) is 0 Å². The molecule has 1 atom stereocenters. The lowest BCUT2D eigenvalue weighted by atomic mass is 10.2. The van der Waals surface area contributed by atoms with Gasteiger partial charge in [0.05, 0.1) is 6.61 Å². The third-order valence-electron chi connectivity index (χ3n) is 2.65. The van der Waals surface area contributed by atoms with Gasteiger partial charge < -0.3 is 10.4 Å². The second-order valence-corrected chi connectivity index (χ2v) is 3.77. The summed E-state index contributed by atoms with van der Waals surface area (Å²) in [6.45, 7) is 1.06. The number of likely N-dealkylation sites (tertiary alicyclic amines) is 1. The van der Waals surface area contributed by atoms with E-state index in [0.29, 0.717) is 6.54 Å². The summed E-state index contributed by atoms with van der Waals surface area (Å²) >= 11 is 0. The van der Waals surface area contributed by atoms with Gasteiger partial charge in [0, 0.05) is 19.1 Å². The molecule has 0 bridgehead atoms. The lowest BCUT2D eigenvalue weighted by molar-refractivity contribution is -0.173. The molecule has 0 saturated carbocycles. The van der Waals surface area contributed by atoms with Gasteiger partial charge in [-0.25, -0.2) is 0 Å². The molecule has 94 valence electrons. The highest BCUT2D eigenvalue weighted by Gasteiger charge is 2.38. The highest BCUT2D eigenvalue weighted by molar-refractivity contribution is 5.81. The van der Waals surface area contributed by atoms with E-state index in [1.54, 1.807) is 5.32 Å². The fraction of sp³-hybridized carbons (Fsp3) is 0.889. The van der Waals surface area contributed by atoms with Crippen LogP contribution in [0.3, 0.4) is 0 Å². The summed E-state index contributed by atoms with van der Waals surface area (Å²) in [5.41, 5.74) is 0. The Labute approximate surface area is 91.4 Å². The molecule has 1 aliphatic heterocycles. The molecule has 16 heavy (non-hydrogen) atoms. The molecule has 1 heterocycles. The van der Waals surface area contributed by atoms with E-state index in [9.17, 15) is 18.0 Å². The Bertz CT molecular complexity index is 245. The van der Waals surface area contributed by atoms with Gasteiger partial charge in [0.15, 0.2) is 0 Å². The van der Waals surface area contributed by atoms with Crippen LogP contribution >= 0.6 is 0 Å². The summed E-state index contributed by atoms with van der Waals surface area (Å²) < 4.78 is 35.5. The number of halogens is 3. The molecule has 0 radical (unpaired) electrons. The zero-order chi connectivity index (χ0) is 12.2. The Balaban J connectivity index is 2.23. The average molecular weight is 240 g/mol. The quantitative estimate of drug-likeness (QED) is 0.734. The first-order chi connectivity index (χ1) is 7.45. The van der Waals surface area contributed by atoms with Crippen molar-refractivity contribution >= 4 is 5.91 Å². The number of alkyl halides is 3. The fourth-order valence-corrected chi connectivity index (χ4v) is 1.81. The molecule has 7 heteroatoms. The molecule has 1 saturated heterocycles. The minimum absolute atomic E-state index is 0.00716. The van der Waals surface area contributed by atoms with Crippen LogP contribution in [0, 0.1) is 0 Å². The van der Waals surface area contributed by atoms with Crippen LogP contribution in [0.5, 0.6) is 0 Å². The number of nitrogens with zero attached hydrogens (tertiary/aromatic N) is 1. The van der Waals surface area contributed by atoms with E-state index in [0.717, 1.165) is 19.4 Å². The lowest BCUT2D eigenvalue weighted by Crippen LogP contribution is -2.43. The number of aliphatic hydroxyl groups excluding tert-OH is 1. The van der Waals surface area contributed by atoms with Crippen molar-refractivity contribution in [3.63, 3.8) is 0 Å². The molecule has 0 unspecified atom stereocenters. The van der Waals surface area contributed by atoms with E-state index in [2.05, 4.69) is 0 Å². The predicted molar refractivity (Wildman–Crippen MR) is 50.7 cm³/mol. The molecule has 0 aromatic heterocycles. The molecule has 4 nitrogen and oxygen atoms in total. The van der Waals surface area contributed by atoms with Crippen molar-refractivity contribution in [1.82, 2.24) is 10.2 Å². The molecule has 2 N–H and O–H groups in total.